The van der Waals surface area contributed by atoms with E-state index in [4.69, 9.17) is 14.2 Å². The number of aliphatic hydroxyl groups excluding tert-OH is 1. The van der Waals surface area contributed by atoms with E-state index >= 15 is 0 Å². The van der Waals surface area contributed by atoms with Crippen molar-refractivity contribution in [2.45, 2.75) is 59.3 Å². The average Bonchev–Trinajstić information content (AvgIpc) is 3.20. The predicted molar refractivity (Wildman–Crippen MR) is 210 cm³/mol. The minimum Gasteiger partial charge on any atom is -0.497 e. The van der Waals surface area contributed by atoms with Gasteiger partial charge in [0.25, 0.3) is 11.8 Å². The molecule has 0 saturated carbocycles. The Labute approximate surface area is 315 Å². The number of aliphatic hydroxyl groups is 1. The summed E-state index contributed by atoms with van der Waals surface area (Å²) in [4.78, 5) is 40.8. The van der Waals surface area contributed by atoms with Crippen molar-refractivity contribution in [3.05, 3.63) is 130 Å². The summed E-state index contributed by atoms with van der Waals surface area (Å²) < 4.78 is 15.8. The Bertz CT molecular complexity index is 1710. The fraction of sp³-hybridized carbons (Fsp3) is 0.386. The smallest absolute Gasteiger partial charge is 0.306 e. The number of ether oxygens (including phenoxy) is 3. The molecule has 0 aliphatic rings. The minimum atomic E-state index is -0.251. The van der Waals surface area contributed by atoms with Crippen LogP contribution in [0.1, 0.15) is 102 Å². The number of methoxy groups -OCH3 is 2. The van der Waals surface area contributed by atoms with Gasteiger partial charge < -0.3 is 29.1 Å². The molecule has 0 heterocycles. The summed E-state index contributed by atoms with van der Waals surface area (Å²) in [5.41, 5.74) is 5.44. The summed E-state index contributed by atoms with van der Waals surface area (Å²) in [7, 11) is 3.26. The monoisotopic (exact) mass is 724 g/mol. The van der Waals surface area contributed by atoms with Gasteiger partial charge in [0.2, 0.25) is 0 Å². The van der Waals surface area contributed by atoms with Crippen LogP contribution in [0.4, 0.5) is 0 Å². The zero-order chi connectivity index (χ0) is 38.8. The highest BCUT2D eigenvalue weighted by Crippen LogP contribution is 2.32. The summed E-state index contributed by atoms with van der Waals surface area (Å²) in [6.07, 6.45) is 0.848. The fourth-order valence-electron chi connectivity index (χ4n) is 6.29. The highest BCUT2D eigenvalue weighted by Gasteiger charge is 2.21. The van der Waals surface area contributed by atoms with Crippen LogP contribution in [0.25, 0.3) is 0 Å². The van der Waals surface area contributed by atoms with E-state index in [2.05, 4.69) is 0 Å². The molecule has 9 heteroatoms. The molecule has 1 N–H and O–H groups in total. The number of hydrogen-bond acceptors (Lipinski definition) is 7. The van der Waals surface area contributed by atoms with E-state index in [1.165, 1.54) is 0 Å². The number of carbonyl (C=O) groups is 3. The van der Waals surface area contributed by atoms with E-state index < -0.39 is 0 Å². The van der Waals surface area contributed by atoms with Gasteiger partial charge in [0.15, 0.2) is 0 Å². The van der Waals surface area contributed by atoms with E-state index in [1.54, 1.807) is 26.0 Å². The third-order valence-electron chi connectivity index (χ3n) is 9.31. The molecule has 2 atom stereocenters. The van der Waals surface area contributed by atoms with Crippen LogP contribution in [-0.2, 0) is 9.53 Å². The van der Waals surface area contributed by atoms with Gasteiger partial charge in [-0.25, -0.2) is 0 Å². The molecule has 2 unspecified atom stereocenters. The van der Waals surface area contributed by atoms with Gasteiger partial charge in [-0.3, -0.25) is 14.4 Å². The summed E-state index contributed by atoms with van der Waals surface area (Å²) in [5.74, 6) is 1.24. The van der Waals surface area contributed by atoms with Gasteiger partial charge in [0.05, 0.1) is 27.2 Å². The largest absolute Gasteiger partial charge is 0.497 e. The Hall–Kier alpha value is -5.15. The zero-order valence-electron chi connectivity index (χ0n) is 32.3. The van der Waals surface area contributed by atoms with Crippen molar-refractivity contribution in [1.29, 1.82) is 0 Å². The van der Waals surface area contributed by atoms with Gasteiger partial charge in [-0.15, -0.1) is 0 Å². The van der Waals surface area contributed by atoms with Crippen molar-refractivity contribution in [3.63, 3.8) is 0 Å². The first-order chi connectivity index (χ1) is 25.7. The number of rotatable bonds is 17. The summed E-state index contributed by atoms with van der Waals surface area (Å²) in [6, 6.07) is 30.8. The van der Waals surface area contributed by atoms with Crippen LogP contribution < -0.4 is 9.47 Å². The summed E-state index contributed by atoms with van der Waals surface area (Å²) in [6.45, 7) is 12.9. The lowest BCUT2D eigenvalue weighted by atomic mass is 9.88. The van der Waals surface area contributed by atoms with Crippen LogP contribution in [0.15, 0.2) is 97.1 Å². The quantitative estimate of drug-likeness (QED) is 0.110. The van der Waals surface area contributed by atoms with E-state index in [9.17, 15) is 19.5 Å². The van der Waals surface area contributed by atoms with Gasteiger partial charge in [0, 0.05) is 55.7 Å². The minimum absolute atomic E-state index is 0.0138. The molecule has 9 nitrogen and oxygen atoms in total. The Balaban J connectivity index is 0.000000287. The van der Waals surface area contributed by atoms with Crippen molar-refractivity contribution in [3.8, 4) is 11.5 Å². The second-order valence-corrected chi connectivity index (χ2v) is 12.4. The summed E-state index contributed by atoms with van der Waals surface area (Å²) >= 11 is 0. The Morgan fingerprint density at radius 3 is 1.38 bits per heavy atom. The number of hydrogen-bond donors (Lipinski definition) is 1. The van der Waals surface area contributed by atoms with Crippen molar-refractivity contribution < 1.29 is 33.7 Å². The molecule has 0 aliphatic carbocycles. The standard InChI is InChI=1S/C23H29NO4.C21H27NO3/c1-5-24(6-2)23(26)18-13-11-17(12-14-18)21(16-22(25)28-7-3)19-9-8-10-20(15-19)27-4;1-4-22(5-2)21(24)17-11-9-16(10-12-17)20(13-14-23)18-7-6-8-19(15-18)25-3/h8-15,21H,5-7,16H2,1-4H3;6-12,15,20,23H,4-5,13-14H2,1-3H3. The van der Waals surface area contributed by atoms with E-state index in [1.807, 2.05) is 130 Å². The molecule has 0 fully saturated rings. The van der Waals surface area contributed by atoms with Gasteiger partial charge in [-0.05, 0) is 112 Å². The zero-order valence-corrected chi connectivity index (χ0v) is 32.3. The van der Waals surface area contributed by atoms with Crippen LogP contribution in [0.5, 0.6) is 11.5 Å². The predicted octanol–water partition coefficient (Wildman–Crippen LogP) is 7.95. The first-order valence-electron chi connectivity index (χ1n) is 18.5. The third kappa shape index (κ3) is 11.9. The Morgan fingerprint density at radius 2 is 1.00 bits per heavy atom. The number of carbonyl (C=O) groups excluding carboxylic acids is 3. The van der Waals surface area contributed by atoms with Gasteiger partial charge in [-0.1, -0.05) is 48.5 Å². The maximum absolute atomic E-state index is 12.5. The second kappa shape index (κ2) is 22.0. The number of esters is 1. The maximum Gasteiger partial charge on any atom is 0.306 e. The van der Waals surface area contributed by atoms with Crippen molar-refractivity contribution in [2.75, 3.05) is 53.6 Å². The lowest BCUT2D eigenvalue weighted by Crippen LogP contribution is -2.30. The first-order valence-corrected chi connectivity index (χ1v) is 18.5. The van der Waals surface area contributed by atoms with Crippen molar-refractivity contribution >= 4 is 17.8 Å². The molecule has 53 heavy (non-hydrogen) atoms. The lowest BCUT2D eigenvalue weighted by molar-refractivity contribution is -0.143. The molecule has 284 valence electrons. The van der Waals surface area contributed by atoms with Crippen LogP contribution in [-0.4, -0.2) is 86.3 Å². The van der Waals surface area contributed by atoms with E-state index in [0.29, 0.717) is 50.3 Å². The van der Waals surface area contributed by atoms with E-state index in [0.717, 1.165) is 33.8 Å². The van der Waals surface area contributed by atoms with Crippen LogP contribution >= 0.6 is 0 Å². The normalized spacial score (nSPS) is 11.7. The molecule has 4 aromatic carbocycles. The molecule has 0 bridgehead atoms. The molecule has 2 amide bonds. The molecular weight excluding hydrogens is 668 g/mol. The fourth-order valence-corrected chi connectivity index (χ4v) is 6.29. The maximum atomic E-state index is 12.5. The summed E-state index contributed by atoms with van der Waals surface area (Å²) in [5, 5.41) is 9.47. The number of nitrogens with zero attached hydrogens (tertiary/aromatic N) is 2. The number of amides is 2. The molecular formula is C44H56N2O7. The lowest BCUT2D eigenvalue weighted by Gasteiger charge is -2.20. The molecule has 0 saturated heterocycles. The SMILES string of the molecule is CCN(CC)C(=O)c1ccc(C(CCO)c2cccc(OC)c2)cc1.CCOC(=O)CC(c1ccc(C(=O)N(CC)CC)cc1)c1cccc(OC)c1. The highest BCUT2D eigenvalue weighted by molar-refractivity contribution is 5.94. The van der Waals surface area contributed by atoms with Crippen LogP contribution in [0, 0.1) is 0 Å². The van der Waals surface area contributed by atoms with Crippen molar-refractivity contribution in [2.24, 2.45) is 0 Å². The average molecular weight is 725 g/mol. The third-order valence-corrected chi connectivity index (χ3v) is 9.31. The second-order valence-electron chi connectivity index (χ2n) is 12.4. The van der Waals surface area contributed by atoms with Crippen LogP contribution in [0.2, 0.25) is 0 Å². The van der Waals surface area contributed by atoms with Gasteiger partial charge in [-0.2, -0.15) is 0 Å². The molecule has 4 aromatic rings. The first kappa shape index (κ1) is 42.3. The Morgan fingerprint density at radius 1 is 0.585 bits per heavy atom. The molecule has 0 spiro atoms. The topological polar surface area (TPSA) is 106 Å². The van der Waals surface area contributed by atoms with Gasteiger partial charge in [0.1, 0.15) is 11.5 Å². The highest BCUT2D eigenvalue weighted by atomic mass is 16.5. The molecule has 0 aromatic heterocycles. The Kier molecular flexibility index (Phi) is 17.6. The molecule has 4 rings (SSSR count). The van der Waals surface area contributed by atoms with E-state index in [-0.39, 0.29) is 42.6 Å². The molecule has 0 aliphatic heterocycles. The van der Waals surface area contributed by atoms with Crippen molar-refractivity contribution in [1.82, 2.24) is 9.80 Å². The molecule has 0 radical (unpaired) electrons. The van der Waals surface area contributed by atoms with Gasteiger partial charge >= 0.3 is 5.97 Å². The van der Waals surface area contributed by atoms with Crippen LogP contribution in [0.3, 0.4) is 0 Å². The number of benzene rings is 4.